The topological polar surface area (TPSA) is 29.1 Å². The van der Waals surface area contributed by atoms with E-state index in [0.29, 0.717) is 6.42 Å². The molecule has 0 heterocycles. The van der Waals surface area contributed by atoms with Gasteiger partial charge < -0.3 is 5.32 Å². The van der Waals surface area contributed by atoms with Crippen LogP contribution in [-0.4, -0.2) is 11.9 Å². The van der Waals surface area contributed by atoms with Crippen molar-refractivity contribution in [1.29, 1.82) is 0 Å². The highest BCUT2D eigenvalue weighted by molar-refractivity contribution is 5.83. The third-order valence-electron chi connectivity index (χ3n) is 3.28. The summed E-state index contributed by atoms with van der Waals surface area (Å²) in [6, 6.07) is 14.9. The summed E-state index contributed by atoms with van der Waals surface area (Å²) in [5.74, 6) is 0.360. The molecule has 1 atom stereocenters. The highest BCUT2D eigenvalue weighted by Gasteiger charge is 2.12. The lowest BCUT2D eigenvalue weighted by atomic mass is 9.95. The van der Waals surface area contributed by atoms with E-state index in [1.165, 1.54) is 16.3 Å². The number of hydrogen-bond donors (Lipinski definition) is 1. The molecular weight excluding hydrogens is 234 g/mol. The molecule has 0 bridgehead atoms. The Balaban J connectivity index is 2.12. The number of rotatable bonds is 4. The van der Waals surface area contributed by atoms with Crippen molar-refractivity contribution in [2.24, 2.45) is 0 Å². The van der Waals surface area contributed by atoms with Gasteiger partial charge >= 0.3 is 0 Å². The van der Waals surface area contributed by atoms with Gasteiger partial charge in [0.05, 0.1) is 0 Å². The van der Waals surface area contributed by atoms with Crippen LogP contribution < -0.4 is 5.32 Å². The first-order valence-electron chi connectivity index (χ1n) is 6.84. The predicted molar refractivity (Wildman–Crippen MR) is 80.3 cm³/mol. The Morgan fingerprint density at radius 1 is 1.05 bits per heavy atom. The quantitative estimate of drug-likeness (QED) is 0.883. The average Bonchev–Trinajstić information content (AvgIpc) is 2.37. The summed E-state index contributed by atoms with van der Waals surface area (Å²) in [6.45, 7) is 6.07. The van der Waals surface area contributed by atoms with E-state index in [2.05, 4.69) is 42.6 Å². The van der Waals surface area contributed by atoms with Crippen LogP contribution in [0.1, 0.15) is 38.7 Å². The minimum absolute atomic E-state index is 0.121. The maximum Gasteiger partial charge on any atom is 0.220 e. The molecule has 1 amide bonds. The minimum Gasteiger partial charge on any atom is -0.354 e. The molecule has 0 aliphatic carbocycles. The maximum atomic E-state index is 11.8. The van der Waals surface area contributed by atoms with E-state index in [-0.39, 0.29) is 17.9 Å². The van der Waals surface area contributed by atoms with Crippen LogP contribution in [-0.2, 0) is 4.79 Å². The monoisotopic (exact) mass is 255 g/mol. The lowest BCUT2D eigenvalue weighted by Crippen LogP contribution is -2.30. The molecule has 0 aliphatic rings. The lowest BCUT2D eigenvalue weighted by molar-refractivity contribution is -0.121. The van der Waals surface area contributed by atoms with Gasteiger partial charge in [0.1, 0.15) is 0 Å². The molecule has 2 aromatic rings. The van der Waals surface area contributed by atoms with Gasteiger partial charge in [-0.2, -0.15) is 0 Å². The molecule has 19 heavy (non-hydrogen) atoms. The van der Waals surface area contributed by atoms with Crippen molar-refractivity contribution >= 4 is 16.7 Å². The van der Waals surface area contributed by atoms with Crippen LogP contribution in [0.5, 0.6) is 0 Å². The van der Waals surface area contributed by atoms with E-state index < -0.39 is 0 Å². The van der Waals surface area contributed by atoms with E-state index in [4.69, 9.17) is 0 Å². The summed E-state index contributed by atoms with van der Waals surface area (Å²) in [6.07, 6.45) is 0.538. The summed E-state index contributed by atoms with van der Waals surface area (Å²) in [7, 11) is 0. The van der Waals surface area contributed by atoms with Gasteiger partial charge in [-0.3, -0.25) is 4.79 Å². The van der Waals surface area contributed by atoms with E-state index >= 15 is 0 Å². The van der Waals surface area contributed by atoms with Crippen LogP contribution in [0.2, 0.25) is 0 Å². The molecule has 1 N–H and O–H groups in total. The second-order valence-corrected chi connectivity index (χ2v) is 5.43. The summed E-state index contributed by atoms with van der Waals surface area (Å²) in [5, 5.41) is 5.41. The van der Waals surface area contributed by atoms with Gasteiger partial charge in [0.25, 0.3) is 0 Å². The molecule has 0 fully saturated rings. The molecular formula is C17H21NO. The van der Waals surface area contributed by atoms with Crippen LogP contribution in [0.15, 0.2) is 42.5 Å². The number of carbonyl (C=O) groups excluding carboxylic acids is 1. The zero-order valence-electron chi connectivity index (χ0n) is 11.8. The molecule has 0 aliphatic heterocycles. The molecule has 0 saturated carbocycles. The Kier molecular flexibility index (Phi) is 4.20. The van der Waals surface area contributed by atoms with E-state index in [9.17, 15) is 4.79 Å². The molecule has 100 valence electrons. The van der Waals surface area contributed by atoms with Crippen molar-refractivity contribution < 1.29 is 4.79 Å². The van der Waals surface area contributed by atoms with Gasteiger partial charge in [0.2, 0.25) is 5.91 Å². The fourth-order valence-electron chi connectivity index (χ4n) is 2.29. The standard InChI is InChI=1S/C17H21NO/c1-12(2)18-17(19)10-13(3)15-9-8-14-6-4-5-7-16(14)11-15/h4-9,11-13H,10H2,1-3H3,(H,18,19)/t13-/m0/s1. The lowest BCUT2D eigenvalue weighted by Gasteiger charge is -2.14. The number of carbonyl (C=O) groups is 1. The van der Waals surface area contributed by atoms with Gasteiger partial charge in [0.15, 0.2) is 0 Å². The molecule has 0 saturated heterocycles. The molecule has 0 spiro atoms. The molecule has 2 nitrogen and oxygen atoms in total. The Hall–Kier alpha value is -1.83. The smallest absolute Gasteiger partial charge is 0.220 e. The molecule has 2 heteroatoms. The Morgan fingerprint density at radius 3 is 2.42 bits per heavy atom. The minimum atomic E-state index is 0.121. The summed E-state index contributed by atoms with van der Waals surface area (Å²) < 4.78 is 0. The van der Waals surface area contributed by atoms with Gasteiger partial charge in [-0.15, -0.1) is 0 Å². The largest absolute Gasteiger partial charge is 0.354 e. The second-order valence-electron chi connectivity index (χ2n) is 5.43. The van der Waals surface area contributed by atoms with E-state index in [1.807, 2.05) is 26.0 Å². The first-order chi connectivity index (χ1) is 9.06. The highest BCUT2D eigenvalue weighted by Crippen LogP contribution is 2.23. The third kappa shape index (κ3) is 3.57. The SMILES string of the molecule is CC(C)NC(=O)C[C@H](C)c1ccc2ccccc2c1. The van der Waals surface area contributed by atoms with E-state index in [0.717, 1.165) is 0 Å². The molecule has 2 rings (SSSR count). The molecule has 0 radical (unpaired) electrons. The maximum absolute atomic E-state index is 11.8. The van der Waals surface area contributed by atoms with Crippen LogP contribution in [0.4, 0.5) is 0 Å². The zero-order valence-corrected chi connectivity index (χ0v) is 11.8. The number of benzene rings is 2. The van der Waals surface area contributed by atoms with Crippen molar-refractivity contribution in [2.75, 3.05) is 0 Å². The fraction of sp³-hybridized carbons (Fsp3) is 0.353. The van der Waals surface area contributed by atoms with Gasteiger partial charge in [-0.25, -0.2) is 0 Å². The van der Waals surface area contributed by atoms with Crippen LogP contribution in [0, 0.1) is 0 Å². The van der Waals surface area contributed by atoms with Crippen molar-refractivity contribution in [1.82, 2.24) is 5.32 Å². The van der Waals surface area contributed by atoms with E-state index in [1.54, 1.807) is 0 Å². The van der Waals surface area contributed by atoms with Crippen LogP contribution in [0.3, 0.4) is 0 Å². The highest BCUT2D eigenvalue weighted by atomic mass is 16.1. The van der Waals surface area contributed by atoms with Crippen LogP contribution in [0.25, 0.3) is 10.8 Å². The first kappa shape index (κ1) is 13.6. The number of amides is 1. The Bertz CT molecular complexity index is 574. The van der Waals surface area contributed by atoms with Crippen molar-refractivity contribution in [3.05, 3.63) is 48.0 Å². The normalized spacial score (nSPS) is 12.6. The third-order valence-corrected chi connectivity index (χ3v) is 3.28. The summed E-state index contributed by atoms with van der Waals surface area (Å²) in [5.41, 5.74) is 1.22. The zero-order chi connectivity index (χ0) is 13.8. The second kappa shape index (κ2) is 5.87. The van der Waals surface area contributed by atoms with Crippen molar-refractivity contribution in [3.8, 4) is 0 Å². The number of nitrogens with one attached hydrogen (secondary N) is 1. The van der Waals surface area contributed by atoms with Gasteiger partial charge in [0, 0.05) is 12.5 Å². The fourth-order valence-corrected chi connectivity index (χ4v) is 2.29. The predicted octanol–water partition coefficient (Wildman–Crippen LogP) is 3.86. The Morgan fingerprint density at radius 2 is 1.74 bits per heavy atom. The number of fused-ring (bicyclic) bond motifs is 1. The average molecular weight is 255 g/mol. The van der Waals surface area contributed by atoms with Crippen molar-refractivity contribution in [2.45, 2.75) is 39.2 Å². The Labute approximate surface area is 114 Å². The van der Waals surface area contributed by atoms with Gasteiger partial charge in [-0.05, 0) is 36.1 Å². The van der Waals surface area contributed by atoms with Crippen molar-refractivity contribution in [3.63, 3.8) is 0 Å². The molecule has 2 aromatic carbocycles. The molecule has 0 unspecified atom stereocenters. The van der Waals surface area contributed by atoms with Gasteiger partial charge in [-0.1, -0.05) is 49.4 Å². The summed E-state index contributed by atoms with van der Waals surface area (Å²) in [4.78, 5) is 11.8. The first-order valence-corrected chi connectivity index (χ1v) is 6.84. The van der Waals surface area contributed by atoms with Crippen LogP contribution >= 0.6 is 0 Å². The number of hydrogen-bond acceptors (Lipinski definition) is 1. The molecule has 0 aromatic heterocycles. The summed E-state index contributed by atoms with van der Waals surface area (Å²) >= 11 is 0.